The van der Waals surface area contributed by atoms with E-state index in [1.54, 1.807) is 6.26 Å². The van der Waals surface area contributed by atoms with Crippen LogP contribution in [0.5, 0.6) is 0 Å². The van der Waals surface area contributed by atoms with E-state index in [2.05, 4.69) is 22.5 Å². The molecule has 1 aromatic heterocycles. The number of halogens is 1. The fourth-order valence-corrected chi connectivity index (χ4v) is 3.16. The van der Waals surface area contributed by atoms with Crippen LogP contribution in [0, 0.1) is 0 Å². The van der Waals surface area contributed by atoms with E-state index < -0.39 is 0 Å². The fourth-order valence-electron chi connectivity index (χ4n) is 3.16. The van der Waals surface area contributed by atoms with Crippen LogP contribution < -0.4 is 10.6 Å². The predicted molar refractivity (Wildman–Crippen MR) is 118 cm³/mol. The van der Waals surface area contributed by atoms with Gasteiger partial charge >= 0.3 is 0 Å². The molecule has 5 nitrogen and oxygen atoms in total. The van der Waals surface area contributed by atoms with Crippen molar-refractivity contribution >= 4 is 29.9 Å². The highest BCUT2D eigenvalue weighted by molar-refractivity contribution is 14.0. The molecule has 1 fully saturated rings. The molecule has 0 spiro atoms. The number of nitrogens with one attached hydrogen (secondary N) is 2. The summed E-state index contributed by atoms with van der Waals surface area (Å²) in [6, 6.07) is 3.92. The van der Waals surface area contributed by atoms with Crippen molar-refractivity contribution in [3.05, 3.63) is 24.2 Å². The summed E-state index contributed by atoms with van der Waals surface area (Å²) in [5.74, 6) is 1.89. The van der Waals surface area contributed by atoms with Crippen LogP contribution in [0.25, 0.3) is 0 Å². The number of ether oxygens (including phenoxy) is 1. The van der Waals surface area contributed by atoms with E-state index >= 15 is 0 Å². The minimum Gasteiger partial charge on any atom is -0.469 e. The molecule has 0 saturated heterocycles. The zero-order chi connectivity index (χ0) is 17.6. The molecule has 1 aromatic rings. The molecule has 0 aromatic carbocycles. The van der Waals surface area contributed by atoms with Gasteiger partial charge < -0.3 is 19.8 Å². The van der Waals surface area contributed by atoms with Gasteiger partial charge in [0.2, 0.25) is 0 Å². The maximum atomic E-state index is 6.03. The first-order valence-electron chi connectivity index (χ1n) is 10.0. The Bertz CT molecular complexity index is 458. The third-order valence-electron chi connectivity index (χ3n) is 4.57. The Kier molecular flexibility index (Phi) is 13.7. The molecule has 0 amide bonds. The first-order chi connectivity index (χ1) is 12.4. The van der Waals surface area contributed by atoms with Crippen molar-refractivity contribution in [1.29, 1.82) is 0 Å². The SMILES string of the molecule is CCNC(=NCCCCOC1CCCCCC1)NCCc1ccco1.I. The molecule has 2 rings (SSSR count). The number of nitrogens with zero attached hydrogens (tertiary/aromatic N) is 1. The van der Waals surface area contributed by atoms with Crippen molar-refractivity contribution in [1.82, 2.24) is 10.6 Å². The lowest BCUT2D eigenvalue weighted by Crippen LogP contribution is -2.38. The summed E-state index contributed by atoms with van der Waals surface area (Å²) >= 11 is 0. The number of guanidine groups is 1. The maximum Gasteiger partial charge on any atom is 0.191 e. The fraction of sp³-hybridized carbons (Fsp3) is 0.750. The van der Waals surface area contributed by atoms with E-state index in [-0.39, 0.29) is 24.0 Å². The third-order valence-corrected chi connectivity index (χ3v) is 4.57. The molecule has 1 saturated carbocycles. The Morgan fingerprint density at radius 2 is 2.00 bits per heavy atom. The molecular formula is C20H36IN3O2. The molecule has 0 aliphatic heterocycles. The van der Waals surface area contributed by atoms with Crippen molar-refractivity contribution in [2.45, 2.75) is 70.8 Å². The van der Waals surface area contributed by atoms with E-state index in [0.29, 0.717) is 6.10 Å². The van der Waals surface area contributed by atoms with Gasteiger partial charge in [0, 0.05) is 32.7 Å². The lowest BCUT2D eigenvalue weighted by Gasteiger charge is -2.15. The van der Waals surface area contributed by atoms with Gasteiger partial charge in [-0.3, -0.25) is 4.99 Å². The molecule has 0 unspecified atom stereocenters. The van der Waals surface area contributed by atoms with Crippen LogP contribution in [-0.4, -0.2) is 38.3 Å². The van der Waals surface area contributed by atoms with Gasteiger partial charge in [0.05, 0.1) is 12.4 Å². The van der Waals surface area contributed by atoms with Crippen molar-refractivity contribution in [3.63, 3.8) is 0 Å². The van der Waals surface area contributed by atoms with Crippen molar-refractivity contribution < 1.29 is 9.15 Å². The van der Waals surface area contributed by atoms with E-state index in [1.165, 1.54) is 38.5 Å². The number of aliphatic imine (C=N–C) groups is 1. The van der Waals surface area contributed by atoms with Gasteiger partial charge in [-0.05, 0) is 44.7 Å². The quantitative estimate of drug-likeness (QED) is 0.171. The van der Waals surface area contributed by atoms with Crippen LogP contribution in [0.1, 0.15) is 64.1 Å². The molecule has 0 bridgehead atoms. The summed E-state index contributed by atoms with van der Waals surface area (Å²) in [6.07, 6.45) is 13.2. The second-order valence-corrected chi connectivity index (χ2v) is 6.71. The number of hydrogen-bond donors (Lipinski definition) is 2. The Hall–Kier alpha value is -0.760. The summed E-state index contributed by atoms with van der Waals surface area (Å²) in [5.41, 5.74) is 0. The van der Waals surface area contributed by atoms with Crippen LogP contribution in [0.3, 0.4) is 0 Å². The molecule has 2 N–H and O–H groups in total. The summed E-state index contributed by atoms with van der Waals surface area (Å²) < 4.78 is 11.4. The summed E-state index contributed by atoms with van der Waals surface area (Å²) in [4.78, 5) is 4.64. The van der Waals surface area contributed by atoms with Gasteiger partial charge in [0.15, 0.2) is 5.96 Å². The van der Waals surface area contributed by atoms with E-state index in [0.717, 1.165) is 57.2 Å². The normalized spacial score (nSPS) is 16.0. The van der Waals surface area contributed by atoms with Gasteiger partial charge in [0.25, 0.3) is 0 Å². The summed E-state index contributed by atoms with van der Waals surface area (Å²) in [5, 5.41) is 6.65. The summed E-state index contributed by atoms with van der Waals surface area (Å²) in [6.45, 7) is 5.50. The Labute approximate surface area is 175 Å². The van der Waals surface area contributed by atoms with Crippen LogP contribution in [0.4, 0.5) is 0 Å². The second-order valence-electron chi connectivity index (χ2n) is 6.71. The standard InChI is InChI=1S/C20H35N3O2.HI/c1-2-21-20(23-15-13-19-12-9-17-25-19)22-14-7-8-16-24-18-10-5-3-4-6-11-18;/h9,12,17-18H,2-8,10-11,13-16H2,1H3,(H2,21,22,23);1H. The maximum absolute atomic E-state index is 6.03. The Morgan fingerprint density at radius 3 is 2.69 bits per heavy atom. The number of hydrogen-bond acceptors (Lipinski definition) is 3. The van der Waals surface area contributed by atoms with Crippen molar-refractivity contribution in [3.8, 4) is 0 Å². The van der Waals surface area contributed by atoms with E-state index in [4.69, 9.17) is 9.15 Å². The first kappa shape index (κ1) is 23.3. The first-order valence-corrected chi connectivity index (χ1v) is 10.0. The van der Waals surface area contributed by atoms with Gasteiger partial charge in [-0.1, -0.05) is 25.7 Å². The minimum absolute atomic E-state index is 0. The summed E-state index contributed by atoms with van der Waals surface area (Å²) in [7, 11) is 0. The average molecular weight is 477 g/mol. The van der Waals surface area contributed by atoms with Crippen molar-refractivity contribution in [2.75, 3.05) is 26.2 Å². The van der Waals surface area contributed by atoms with Gasteiger partial charge in [0.1, 0.15) is 5.76 Å². The lowest BCUT2D eigenvalue weighted by molar-refractivity contribution is 0.0413. The average Bonchev–Trinajstić information content (AvgIpc) is 3.00. The lowest BCUT2D eigenvalue weighted by atomic mass is 10.1. The molecule has 26 heavy (non-hydrogen) atoms. The Morgan fingerprint density at radius 1 is 1.19 bits per heavy atom. The highest BCUT2D eigenvalue weighted by Crippen LogP contribution is 2.19. The predicted octanol–water partition coefficient (Wildman–Crippen LogP) is 4.51. The van der Waals surface area contributed by atoms with Gasteiger partial charge in [-0.15, -0.1) is 24.0 Å². The van der Waals surface area contributed by atoms with Crippen LogP contribution in [0.15, 0.2) is 27.8 Å². The monoisotopic (exact) mass is 477 g/mol. The number of unbranched alkanes of at least 4 members (excludes halogenated alkanes) is 1. The highest BCUT2D eigenvalue weighted by atomic mass is 127. The molecule has 1 aliphatic carbocycles. The number of rotatable bonds is 10. The third kappa shape index (κ3) is 10.4. The van der Waals surface area contributed by atoms with Crippen LogP contribution >= 0.6 is 24.0 Å². The van der Waals surface area contributed by atoms with E-state index in [1.807, 2.05) is 12.1 Å². The van der Waals surface area contributed by atoms with Gasteiger partial charge in [-0.25, -0.2) is 0 Å². The molecule has 1 heterocycles. The highest BCUT2D eigenvalue weighted by Gasteiger charge is 2.11. The van der Waals surface area contributed by atoms with E-state index in [9.17, 15) is 0 Å². The molecule has 6 heteroatoms. The second kappa shape index (κ2) is 15.3. The van der Waals surface area contributed by atoms with Crippen LogP contribution in [0.2, 0.25) is 0 Å². The molecular weight excluding hydrogens is 441 g/mol. The van der Waals surface area contributed by atoms with Gasteiger partial charge in [-0.2, -0.15) is 0 Å². The molecule has 0 atom stereocenters. The molecule has 0 radical (unpaired) electrons. The molecule has 150 valence electrons. The zero-order valence-electron chi connectivity index (χ0n) is 16.2. The number of furan rings is 1. The minimum atomic E-state index is 0. The van der Waals surface area contributed by atoms with Crippen LogP contribution in [-0.2, 0) is 11.2 Å². The smallest absolute Gasteiger partial charge is 0.191 e. The van der Waals surface area contributed by atoms with Crippen molar-refractivity contribution in [2.24, 2.45) is 4.99 Å². The topological polar surface area (TPSA) is 58.8 Å². The zero-order valence-corrected chi connectivity index (χ0v) is 18.5. The molecule has 1 aliphatic rings. The Balaban J connectivity index is 0.00000338. The largest absolute Gasteiger partial charge is 0.469 e.